The van der Waals surface area contributed by atoms with E-state index in [1.54, 1.807) is 24.3 Å². The summed E-state index contributed by atoms with van der Waals surface area (Å²) in [5.41, 5.74) is 2.35. The average molecular weight is 476 g/mol. The van der Waals surface area contributed by atoms with Gasteiger partial charge in [-0.05, 0) is 67.3 Å². The minimum atomic E-state index is -3.63. The highest BCUT2D eigenvalue weighted by Gasteiger charge is 2.29. The molecule has 1 fully saturated rings. The number of amides is 2. The van der Waals surface area contributed by atoms with Crippen LogP contribution in [0, 0.1) is 6.92 Å². The smallest absolute Gasteiger partial charge is 0.244 e. The van der Waals surface area contributed by atoms with Crippen LogP contribution in [0.3, 0.4) is 0 Å². The Balaban J connectivity index is 1.53. The molecule has 0 aromatic heterocycles. The Morgan fingerprint density at radius 1 is 1.09 bits per heavy atom. The van der Waals surface area contributed by atoms with Gasteiger partial charge in [0.25, 0.3) is 0 Å². The fourth-order valence-electron chi connectivity index (χ4n) is 3.44. The van der Waals surface area contributed by atoms with E-state index >= 15 is 0 Å². The summed E-state index contributed by atoms with van der Waals surface area (Å²) in [5, 5.41) is 6.19. The van der Waals surface area contributed by atoms with E-state index in [2.05, 4.69) is 10.6 Å². The van der Waals surface area contributed by atoms with Crippen molar-refractivity contribution >= 4 is 45.2 Å². The van der Waals surface area contributed by atoms with Crippen molar-refractivity contribution in [2.24, 2.45) is 0 Å². The van der Waals surface area contributed by atoms with Crippen molar-refractivity contribution in [3.8, 4) is 0 Å². The zero-order valence-corrected chi connectivity index (χ0v) is 19.5. The third-order valence-corrected chi connectivity index (χ3v) is 7.56. The summed E-state index contributed by atoms with van der Waals surface area (Å²) in [6.07, 6.45) is 4.21. The highest BCUT2D eigenvalue weighted by atomic mass is 35.5. The molecular formula is C23H26ClN3O4S. The molecule has 32 heavy (non-hydrogen) atoms. The Kier molecular flexibility index (Phi) is 7.71. The van der Waals surface area contributed by atoms with Gasteiger partial charge in [-0.3, -0.25) is 9.59 Å². The second-order valence-electron chi connectivity index (χ2n) is 7.73. The topological polar surface area (TPSA) is 95.6 Å². The number of carbonyl (C=O) groups excluding carboxylic acids is 2. The third-order valence-electron chi connectivity index (χ3n) is 5.24. The average Bonchev–Trinajstić information content (AvgIpc) is 2.75. The van der Waals surface area contributed by atoms with Crippen LogP contribution in [0.5, 0.6) is 0 Å². The van der Waals surface area contributed by atoms with Crippen LogP contribution in [-0.4, -0.2) is 43.7 Å². The first kappa shape index (κ1) is 24.0. The van der Waals surface area contributed by atoms with Crippen LogP contribution >= 0.6 is 11.6 Å². The van der Waals surface area contributed by atoms with E-state index in [9.17, 15) is 18.0 Å². The number of anilines is 1. The Bertz CT molecular complexity index is 1120. The van der Waals surface area contributed by atoms with E-state index in [-0.39, 0.29) is 22.8 Å². The number of hydrogen-bond donors (Lipinski definition) is 2. The van der Waals surface area contributed by atoms with Crippen molar-refractivity contribution in [2.75, 3.05) is 18.4 Å². The molecule has 0 spiro atoms. The molecule has 0 bridgehead atoms. The minimum absolute atomic E-state index is 0.0950. The number of nitrogens with zero attached hydrogens (tertiary/aromatic N) is 1. The van der Waals surface area contributed by atoms with Crippen molar-refractivity contribution in [2.45, 2.75) is 37.6 Å². The lowest BCUT2D eigenvalue weighted by atomic mass is 10.1. The number of sulfonamides is 1. The minimum Gasteiger partial charge on any atom is -0.350 e. The predicted octanol–water partition coefficient (Wildman–Crippen LogP) is 3.59. The predicted molar refractivity (Wildman–Crippen MR) is 126 cm³/mol. The van der Waals surface area contributed by atoms with Gasteiger partial charge in [-0.2, -0.15) is 4.31 Å². The van der Waals surface area contributed by atoms with Gasteiger partial charge in [0.05, 0.1) is 4.90 Å². The van der Waals surface area contributed by atoms with Gasteiger partial charge in [0, 0.05) is 42.8 Å². The molecule has 1 heterocycles. The molecule has 9 heteroatoms. The van der Waals surface area contributed by atoms with Gasteiger partial charge in [0.15, 0.2) is 0 Å². The Morgan fingerprint density at radius 3 is 2.34 bits per heavy atom. The Labute approximate surface area is 193 Å². The normalized spacial score (nSPS) is 15.6. The highest BCUT2D eigenvalue weighted by molar-refractivity contribution is 7.89. The molecule has 170 valence electrons. The second-order valence-corrected chi connectivity index (χ2v) is 10.1. The number of nitrogens with one attached hydrogen (secondary N) is 2. The van der Waals surface area contributed by atoms with Gasteiger partial charge in [-0.15, -0.1) is 0 Å². The van der Waals surface area contributed by atoms with E-state index in [1.807, 2.05) is 19.1 Å². The van der Waals surface area contributed by atoms with Gasteiger partial charge in [-0.25, -0.2) is 8.42 Å². The maximum atomic E-state index is 12.9. The number of aryl methyl sites for hydroxylation is 1. The van der Waals surface area contributed by atoms with E-state index in [0.29, 0.717) is 36.6 Å². The summed E-state index contributed by atoms with van der Waals surface area (Å²) in [6.45, 7) is 3.94. The number of carbonyl (C=O) groups is 2. The molecule has 2 aromatic rings. The number of rotatable bonds is 6. The highest BCUT2D eigenvalue weighted by Crippen LogP contribution is 2.22. The van der Waals surface area contributed by atoms with Gasteiger partial charge < -0.3 is 10.6 Å². The van der Waals surface area contributed by atoms with Gasteiger partial charge in [0.2, 0.25) is 21.8 Å². The Hall–Kier alpha value is -2.68. The molecule has 7 nitrogen and oxygen atoms in total. The molecule has 0 unspecified atom stereocenters. The maximum Gasteiger partial charge on any atom is 0.244 e. The molecule has 1 saturated heterocycles. The molecule has 0 atom stereocenters. The summed E-state index contributed by atoms with van der Waals surface area (Å²) in [6, 6.07) is 11.6. The van der Waals surface area contributed by atoms with Crippen LogP contribution < -0.4 is 10.6 Å². The van der Waals surface area contributed by atoms with E-state index in [1.165, 1.54) is 29.4 Å². The van der Waals surface area contributed by atoms with Crippen molar-refractivity contribution < 1.29 is 18.0 Å². The summed E-state index contributed by atoms with van der Waals surface area (Å²) in [4.78, 5) is 23.5. The fraction of sp³-hybridized carbons (Fsp3) is 0.304. The first-order valence-corrected chi connectivity index (χ1v) is 12.1. The Morgan fingerprint density at radius 2 is 1.75 bits per heavy atom. The second kappa shape index (κ2) is 10.3. The van der Waals surface area contributed by atoms with Crippen molar-refractivity contribution in [1.82, 2.24) is 9.62 Å². The van der Waals surface area contributed by atoms with Crippen LogP contribution in [0.15, 0.2) is 53.4 Å². The first-order valence-electron chi connectivity index (χ1n) is 10.3. The van der Waals surface area contributed by atoms with Crippen molar-refractivity contribution in [1.29, 1.82) is 0 Å². The fourth-order valence-corrected chi connectivity index (χ4v) is 5.10. The summed E-state index contributed by atoms with van der Waals surface area (Å²) < 4.78 is 27.2. The molecule has 1 aliphatic heterocycles. The van der Waals surface area contributed by atoms with Crippen molar-refractivity contribution in [3.05, 3.63) is 64.7 Å². The molecule has 2 aromatic carbocycles. The molecule has 0 radical (unpaired) electrons. The van der Waals surface area contributed by atoms with Gasteiger partial charge >= 0.3 is 0 Å². The molecule has 2 N–H and O–H groups in total. The molecule has 0 saturated carbocycles. The van der Waals surface area contributed by atoms with Gasteiger partial charge in [-0.1, -0.05) is 23.7 Å². The lowest BCUT2D eigenvalue weighted by molar-refractivity contribution is -0.117. The standard InChI is InChI=1S/C23H26ClN3O4S/c1-16-3-4-18(15-22(16)24)5-10-23(29)26-20-11-13-27(14-12-20)32(30,31)21-8-6-19(7-9-21)25-17(2)28/h3-10,15,20H,11-14H2,1-2H3,(H,25,28)(H,26,29)/b10-5+. The molecule has 0 aliphatic carbocycles. The molecule has 3 rings (SSSR count). The number of benzene rings is 2. The van der Waals surface area contributed by atoms with Crippen LogP contribution in [-0.2, 0) is 19.6 Å². The SMILES string of the molecule is CC(=O)Nc1ccc(S(=O)(=O)N2CCC(NC(=O)/C=C/c3ccc(C)c(Cl)c3)CC2)cc1. The molecule has 1 aliphatic rings. The largest absolute Gasteiger partial charge is 0.350 e. The lowest BCUT2D eigenvalue weighted by Gasteiger charge is -2.31. The van der Waals surface area contributed by atoms with Crippen LogP contribution in [0.4, 0.5) is 5.69 Å². The molecule has 2 amide bonds. The first-order chi connectivity index (χ1) is 15.1. The third kappa shape index (κ3) is 6.18. The number of hydrogen-bond acceptors (Lipinski definition) is 4. The van der Waals surface area contributed by atoms with E-state index in [4.69, 9.17) is 11.6 Å². The van der Waals surface area contributed by atoms with E-state index < -0.39 is 10.0 Å². The van der Waals surface area contributed by atoms with E-state index in [0.717, 1.165) is 11.1 Å². The summed E-state index contributed by atoms with van der Waals surface area (Å²) in [7, 11) is -3.63. The summed E-state index contributed by atoms with van der Waals surface area (Å²) in [5.74, 6) is -0.446. The zero-order chi connectivity index (χ0) is 23.3. The van der Waals surface area contributed by atoms with Crippen LogP contribution in [0.2, 0.25) is 5.02 Å². The monoisotopic (exact) mass is 475 g/mol. The molecular weight excluding hydrogens is 450 g/mol. The summed E-state index contributed by atoms with van der Waals surface area (Å²) >= 11 is 6.10. The van der Waals surface area contributed by atoms with Crippen LogP contribution in [0.1, 0.15) is 30.9 Å². The van der Waals surface area contributed by atoms with Gasteiger partial charge in [0.1, 0.15) is 0 Å². The van der Waals surface area contributed by atoms with Crippen molar-refractivity contribution in [3.63, 3.8) is 0 Å². The number of piperidine rings is 1. The zero-order valence-electron chi connectivity index (χ0n) is 18.0. The lowest BCUT2D eigenvalue weighted by Crippen LogP contribution is -2.46. The number of halogens is 1. The van der Waals surface area contributed by atoms with Crippen LogP contribution in [0.25, 0.3) is 6.08 Å². The quantitative estimate of drug-likeness (QED) is 0.624. The maximum absolute atomic E-state index is 12.9.